The number of amides is 2. The molecule has 1 saturated heterocycles. The summed E-state index contributed by atoms with van der Waals surface area (Å²) in [4.78, 5) is 29.6. The Morgan fingerprint density at radius 2 is 1.53 bits per heavy atom. The average Bonchev–Trinajstić information content (AvgIpc) is 2.73. The van der Waals surface area contributed by atoms with Crippen molar-refractivity contribution in [2.45, 2.75) is 40.0 Å². The minimum Gasteiger partial charge on any atom is -0.348 e. The lowest BCUT2D eigenvalue weighted by molar-refractivity contribution is -0.149. The molecule has 2 aromatic rings. The van der Waals surface area contributed by atoms with Gasteiger partial charge in [-0.05, 0) is 36.0 Å². The van der Waals surface area contributed by atoms with Gasteiger partial charge in [0.25, 0.3) is 0 Å². The fourth-order valence-corrected chi connectivity index (χ4v) is 4.43. The SMILES string of the molecule is CN(C)C(=O)C1(Cc2cccc(-c3ccccc3)c2)CCN(C(=O)C(C)(C)C)CC1. The number of hydrogen-bond acceptors (Lipinski definition) is 2. The molecule has 4 heteroatoms. The van der Waals surface area contributed by atoms with Crippen LogP contribution in [0.15, 0.2) is 54.6 Å². The predicted molar refractivity (Wildman–Crippen MR) is 122 cm³/mol. The topological polar surface area (TPSA) is 40.6 Å². The summed E-state index contributed by atoms with van der Waals surface area (Å²) < 4.78 is 0. The van der Waals surface area contributed by atoms with E-state index in [4.69, 9.17) is 0 Å². The molecule has 0 N–H and O–H groups in total. The number of benzene rings is 2. The van der Waals surface area contributed by atoms with Crippen molar-refractivity contribution in [3.63, 3.8) is 0 Å². The van der Waals surface area contributed by atoms with Gasteiger partial charge in [-0.1, -0.05) is 75.4 Å². The van der Waals surface area contributed by atoms with Crippen LogP contribution in [0.25, 0.3) is 11.1 Å². The third kappa shape index (κ3) is 4.75. The molecule has 0 atom stereocenters. The molecule has 0 saturated carbocycles. The van der Waals surface area contributed by atoms with Crippen LogP contribution in [-0.4, -0.2) is 48.8 Å². The molecule has 30 heavy (non-hydrogen) atoms. The summed E-state index contributed by atoms with van der Waals surface area (Å²) in [5, 5.41) is 0. The zero-order chi connectivity index (χ0) is 21.9. The standard InChI is InChI=1S/C26H34N2O2/c1-25(2,3)23(29)28-16-14-26(15-17-28,24(30)27(4)5)19-20-10-9-13-22(18-20)21-11-7-6-8-12-21/h6-13,18H,14-17,19H2,1-5H3. The van der Waals surface area contributed by atoms with Gasteiger partial charge in [-0.15, -0.1) is 0 Å². The van der Waals surface area contributed by atoms with Crippen molar-refractivity contribution in [2.24, 2.45) is 10.8 Å². The van der Waals surface area contributed by atoms with Crippen LogP contribution in [-0.2, 0) is 16.0 Å². The molecule has 1 heterocycles. The fourth-order valence-electron chi connectivity index (χ4n) is 4.43. The Morgan fingerprint density at radius 3 is 2.10 bits per heavy atom. The van der Waals surface area contributed by atoms with E-state index in [1.807, 2.05) is 58.0 Å². The van der Waals surface area contributed by atoms with Crippen molar-refractivity contribution in [1.29, 1.82) is 0 Å². The Labute approximate surface area is 180 Å². The lowest BCUT2D eigenvalue weighted by atomic mass is 9.72. The van der Waals surface area contributed by atoms with E-state index < -0.39 is 10.8 Å². The Hall–Kier alpha value is -2.62. The van der Waals surface area contributed by atoms with E-state index in [2.05, 4.69) is 36.4 Å². The number of carbonyl (C=O) groups is 2. The van der Waals surface area contributed by atoms with Gasteiger partial charge in [-0.3, -0.25) is 9.59 Å². The third-order valence-electron chi connectivity index (χ3n) is 6.09. The number of likely N-dealkylation sites (tertiary alicyclic amines) is 1. The van der Waals surface area contributed by atoms with Crippen LogP contribution in [0.1, 0.15) is 39.2 Å². The summed E-state index contributed by atoms with van der Waals surface area (Å²) in [6.45, 7) is 7.13. The fraction of sp³-hybridized carbons (Fsp3) is 0.462. The van der Waals surface area contributed by atoms with Gasteiger partial charge in [0.1, 0.15) is 0 Å². The van der Waals surface area contributed by atoms with Crippen LogP contribution in [0.4, 0.5) is 0 Å². The van der Waals surface area contributed by atoms with E-state index in [9.17, 15) is 9.59 Å². The first-order chi connectivity index (χ1) is 14.1. The van der Waals surface area contributed by atoms with Gasteiger partial charge in [-0.2, -0.15) is 0 Å². The van der Waals surface area contributed by atoms with E-state index in [1.165, 1.54) is 16.7 Å². The highest BCUT2D eigenvalue weighted by atomic mass is 16.2. The summed E-state index contributed by atoms with van der Waals surface area (Å²) in [6.07, 6.45) is 2.09. The minimum absolute atomic E-state index is 0.162. The minimum atomic E-state index is -0.465. The number of nitrogens with zero attached hydrogens (tertiary/aromatic N) is 2. The van der Waals surface area contributed by atoms with Gasteiger partial charge in [0.05, 0.1) is 5.41 Å². The molecule has 0 aromatic heterocycles. The average molecular weight is 407 g/mol. The van der Waals surface area contributed by atoms with Gasteiger partial charge in [0.15, 0.2) is 0 Å². The second-order valence-corrected chi connectivity index (χ2v) is 9.77. The molecule has 160 valence electrons. The summed E-state index contributed by atoms with van der Waals surface area (Å²) >= 11 is 0. The zero-order valence-electron chi connectivity index (χ0n) is 18.9. The summed E-state index contributed by atoms with van der Waals surface area (Å²) in [6, 6.07) is 18.8. The predicted octanol–water partition coefficient (Wildman–Crippen LogP) is 4.64. The van der Waals surface area contributed by atoms with Crippen LogP contribution in [0, 0.1) is 10.8 Å². The van der Waals surface area contributed by atoms with Crippen LogP contribution in [0.3, 0.4) is 0 Å². The highest BCUT2D eigenvalue weighted by Gasteiger charge is 2.44. The Bertz CT molecular complexity index is 889. The molecule has 2 amide bonds. The molecular formula is C26H34N2O2. The molecule has 0 aliphatic carbocycles. The van der Waals surface area contributed by atoms with Crippen LogP contribution in [0.5, 0.6) is 0 Å². The summed E-state index contributed by atoms with van der Waals surface area (Å²) in [5.41, 5.74) is 2.66. The molecule has 1 fully saturated rings. The van der Waals surface area contributed by atoms with Crippen LogP contribution >= 0.6 is 0 Å². The van der Waals surface area contributed by atoms with Crippen molar-refractivity contribution >= 4 is 11.8 Å². The zero-order valence-corrected chi connectivity index (χ0v) is 18.9. The van der Waals surface area contributed by atoms with Gasteiger partial charge >= 0.3 is 0 Å². The first-order valence-electron chi connectivity index (χ1n) is 10.8. The lowest BCUT2D eigenvalue weighted by Gasteiger charge is -2.43. The van der Waals surface area contributed by atoms with E-state index >= 15 is 0 Å². The Kier molecular flexibility index (Phi) is 6.35. The largest absolute Gasteiger partial charge is 0.348 e. The normalized spacial score (nSPS) is 16.2. The van der Waals surface area contributed by atoms with Crippen LogP contribution in [0.2, 0.25) is 0 Å². The van der Waals surface area contributed by atoms with E-state index in [0.717, 1.165) is 0 Å². The molecule has 1 aliphatic rings. The van der Waals surface area contributed by atoms with Crippen molar-refractivity contribution in [3.05, 3.63) is 60.2 Å². The van der Waals surface area contributed by atoms with Gasteiger partial charge in [0.2, 0.25) is 11.8 Å². The maximum absolute atomic E-state index is 13.3. The molecule has 0 bridgehead atoms. The molecule has 0 radical (unpaired) electrons. The number of piperidine rings is 1. The lowest BCUT2D eigenvalue weighted by Crippen LogP contribution is -2.52. The Balaban J connectivity index is 1.84. The number of hydrogen-bond donors (Lipinski definition) is 0. The van der Waals surface area contributed by atoms with Crippen molar-refractivity contribution in [2.75, 3.05) is 27.2 Å². The van der Waals surface area contributed by atoms with Gasteiger partial charge in [-0.25, -0.2) is 0 Å². The third-order valence-corrected chi connectivity index (χ3v) is 6.09. The van der Waals surface area contributed by atoms with E-state index in [0.29, 0.717) is 32.4 Å². The van der Waals surface area contributed by atoms with Crippen molar-refractivity contribution < 1.29 is 9.59 Å². The molecule has 3 rings (SSSR count). The maximum atomic E-state index is 13.3. The van der Waals surface area contributed by atoms with Crippen LogP contribution < -0.4 is 0 Å². The Morgan fingerprint density at radius 1 is 0.933 bits per heavy atom. The second kappa shape index (κ2) is 8.63. The maximum Gasteiger partial charge on any atom is 0.228 e. The molecule has 4 nitrogen and oxygen atoms in total. The van der Waals surface area contributed by atoms with Crippen molar-refractivity contribution in [3.8, 4) is 11.1 Å². The second-order valence-electron chi connectivity index (χ2n) is 9.77. The molecule has 0 unspecified atom stereocenters. The summed E-state index contributed by atoms with van der Waals surface area (Å²) in [5.74, 6) is 0.329. The van der Waals surface area contributed by atoms with Gasteiger partial charge < -0.3 is 9.80 Å². The first-order valence-corrected chi connectivity index (χ1v) is 10.8. The van der Waals surface area contributed by atoms with Gasteiger partial charge in [0, 0.05) is 32.6 Å². The summed E-state index contributed by atoms with van der Waals surface area (Å²) in [7, 11) is 3.66. The molecule has 0 spiro atoms. The molecular weight excluding hydrogens is 372 g/mol. The smallest absolute Gasteiger partial charge is 0.228 e. The highest BCUT2D eigenvalue weighted by molar-refractivity contribution is 5.84. The number of rotatable bonds is 4. The highest BCUT2D eigenvalue weighted by Crippen LogP contribution is 2.38. The van der Waals surface area contributed by atoms with Crippen molar-refractivity contribution in [1.82, 2.24) is 9.80 Å². The number of carbonyl (C=O) groups excluding carboxylic acids is 2. The first kappa shape index (κ1) is 22.1. The molecule has 1 aliphatic heterocycles. The quantitative estimate of drug-likeness (QED) is 0.742. The van der Waals surface area contributed by atoms with E-state index in [1.54, 1.807) is 4.90 Å². The monoisotopic (exact) mass is 406 g/mol. The molecule has 2 aromatic carbocycles. The van der Waals surface area contributed by atoms with E-state index in [-0.39, 0.29) is 11.8 Å².